The second kappa shape index (κ2) is 8.58. The summed E-state index contributed by atoms with van der Waals surface area (Å²) in [5.74, 6) is 2.16. The largest absolute Gasteiger partial charge is 0.469 e. The van der Waals surface area contributed by atoms with E-state index in [4.69, 9.17) is 4.42 Å². The molecule has 0 amide bonds. The van der Waals surface area contributed by atoms with Gasteiger partial charge in [-0.15, -0.1) is 11.3 Å². The van der Waals surface area contributed by atoms with E-state index in [1.165, 1.54) is 4.88 Å². The molecule has 5 nitrogen and oxygen atoms in total. The Labute approximate surface area is 135 Å². The molecule has 2 heterocycles. The molecule has 0 aromatic carbocycles. The molecule has 0 bridgehead atoms. The number of nitrogens with zero attached hydrogens (tertiary/aromatic N) is 2. The third kappa shape index (κ3) is 5.18. The van der Waals surface area contributed by atoms with Crippen molar-refractivity contribution in [1.82, 2.24) is 15.6 Å². The predicted molar refractivity (Wildman–Crippen MR) is 91.7 cm³/mol. The van der Waals surface area contributed by atoms with E-state index in [2.05, 4.69) is 41.4 Å². The van der Waals surface area contributed by atoms with Gasteiger partial charge in [-0.1, -0.05) is 6.92 Å². The molecule has 2 aromatic heterocycles. The monoisotopic (exact) mass is 320 g/mol. The average molecular weight is 320 g/mol. The molecule has 0 spiro atoms. The first-order valence-electron chi connectivity index (χ1n) is 7.66. The molecular weight excluding hydrogens is 296 g/mol. The van der Waals surface area contributed by atoms with E-state index in [9.17, 15) is 0 Å². The highest BCUT2D eigenvalue weighted by Gasteiger charge is 2.09. The van der Waals surface area contributed by atoms with Gasteiger partial charge < -0.3 is 15.1 Å². The third-order valence-corrected chi connectivity index (χ3v) is 4.32. The minimum Gasteiger partial charge on any atom is -0.469 e. The molecule has 0 aliphatic carbocycles. The standard InChI is InChI=1S/C16H24N4OS/c1-4-17-16(18-8-7-14-6-5-9-21-14)20-10-12(2)15-19-11-13(3)22-15/h5-6,9,11-12H,4,7-8,10H2,1-3H3,(H2,17,18,20). The van der Waals surface area contributed by atoms with Gasteiger partial charge in [-0.05, 0) is 26.0 Å². The zero-order chi connectivity index (χ0) is 15.8. The number of nitrogens with one attached hydrogen (secondary N) is 2. The summed E-state index contributed by atoms with van der Waals surface area (Å²) in [5.41, 5.74) is 0. The van der Waals surface area contributed by atoms with Crippen molar-refractivity contribution in [3.8, 4) is 0 Å². The van der Waals surface area contributed by atoms with Crippen LogP contribution in [0.4, 0.5) is 0 Å². The molecule has 1 unspecified atom stereocenters. The van der Waals surface area contributed by atoms with E-state index >= 15 is 0 Å². The van der Waals surface area contributed by atoms with Crippen LogP contribution in [0.1, 0.15) is 35.4 Å². The van der Waals surface area contributed by atoms with Gasteiger partial charge in [-0.2, -0.15) is 0 Å². The quantitative estimate of drug-likeness (QED) is 0.608. The highest BCUT2D eigenvalue weighted by Crippen LogP contribution is 2.21. The maximum atomic E-state index is 5.33. The van der Waals surface area contributed by atoms with Crippen molar-refractivity contribution in [1.29, 1.82) is 0 Å². The molecular formula is C16H24N4OS. The fourth-order valence-electron chi connectivity index (χ4n) is 2.01. The SMILES string of the molecule is CCNC(=NCC(C)c1ncc(C)s1)NCCc1ccco1. The maximum absolute atomic E-state index is 5.33. The molecule has 0 aliphatic heterocycles. The number of furan rings is 1. The zero-order valence-corrected chi connectivity index (χ0v) is 14.2. The first kappa shape index (κ1) is 16.5. The van der Waals surface area contributed by atoms with Crippen LogP contribution >= 0.6 is 11.3 Å². The Kier molecular flexibility index (Phi) is 6.45. The normalized spacial score (nSPS) is 13.1. The summed E-state index contributed by atoms with van der Waals surface area (Å²) in [6.07, 6.45) is 4.47. The summed E-state index contributed by atoms with van der Waals surface area (Å²) in [6.45, 7) is 8.67. The number of aliphatic imine (C=N–C) groups is 1. The zero-order valence-electron chi connectivity index (χ0n) is 13.4. The topological polar surface area (TPSA) is 62.5 Å². The van der Waals surface area contributed by atoms with Gasteiger partial charge in [-0.25, -0.2) is 4.98 Å². The summed E-state index contributed by atoms with van der Waals surface area (Å²) in [5, 5.41) is 7.74. The first-order valence-corrected chi connectivity index (χ1v) is 8.47. The smallest absolute Gasteiger partial charge is 0.191 e. The number of hydrogen-bond donors (Lipinski definition) is 2. The molecule has 1 atom stereocenters. The molecule has 0 saturated carbocycles. The number of rotatable bonds is 7. The Morgan fingerprint density at radius 2 is 2.32 bits per heavy atom. The summed E-state index contributed by atoms with van der Waals surface area (Å²) in [7, 11) is 0. The van der Waals surface area contributed by atoms with Crippen LogP contribution in [0.5, 0.6) is 0 Å². The van der Waals surface area contributed by atoms with E-state index in [0.29, 0.717) is 5.92 Å². The molecule has 0 fully saturated rings. The van der Waals surface area contributed by atoms with Crippen molar-refractivity contribution in [3.63, 3.8) is 0 Å². The second-order valence-corrected chi connectivity index (χ2v) is 6.45. The highest BCUT2D eigenvalue weighted by molar-refractivity contribution is 7.11. The lowest BCUT2D eigenvalue weighted by Crippen LogP contribution is -2.38. The fourth-order valence-corrected chi connectivity index (χ4v) is 2.82. The Hall–Kier alpha value is -1.82. The number of hydrogen-bond acceptors (Lipinski definition) is 4. The van der Waals surface area contributed by atoms with Gasteiger partial charge in [0.1, 0.15) is 5.76 Å². The van der Waals surface area contributed by atoms with E-state index < -0.39 is 0 Å². The van der Waals surface area contributed by atoms with Crippen LogP contribution < -0.4 is 10.6 Å². The van der Waals surface area contributed by atoms with Crippen LogP contribution in [0.15, 0.2) is 34.0 Å². The van der Waals surface area contributed by atoms with Crippen LogP contribution in [0.25, 0.3) is 0 Å². The van der Waals surface area contributed by atoms with Crippen LogP contribution in [-0.4, -0.2) is 30.6 Å². The van der Waals surface area contributed by atoms with Crippen molar-refractivity contribution < 1.29 is 4.42 Å². The summed E-state index contributed by atoms with van der Waals surface area (Å²) in [4.78, 5) is 10.3. The molecule has 2 N–H and O–H groups in total. The average Bonchev–Trinajstić information content (AvgIpc) is 3.16. The number of thiazole rings is 1. The van der Waals surface area contributed by atoms with Crippen molar-refractivity contribution in [3.05, 3.63) is 40.2 Å². The van der Waals surface area contributed by atoms with Gasteiger partial charge in [0.2, 0.25) is 0 Å². The second-order valence-electron chi connectivity index (χ2n) is 5.19. The van der Waals surface area contributed by atoms with Gasteiger partial charge >= 0.3 is 0 Å². The van der Waals surface area contributed by atoms with E-state index in [1.807, 2.05) is 18.3 Å². The fraction of sp³-hybridized carbons (Fsp3) is 0.500. The van der Waals surface area contributed by atoms with Crippen molar-refractivity contribution in [2.75, 3.05) is 19.6 Å². The van der Waals surface area contributed by atoms with Gasteiger partial charge in [0, 0.05) is 36.5 Å². The van der Waals surface area contributed by atoms with E-state index in [-0.39, 0.29) is 0 Å². The molecule has 2 aromatic rings. The highest BCUT2D eigenvalue weighted by atomic mass is 32.1. The van der Waals surface area contributed by atoms with Gasteiger partial charge in [0.15, 0.2) is 5.96 Å². The number of aryl methyl sites for hydroxylation is 1. The van der Waals surface area contributed by atoms with Crippen LogP contribution in [0, 0.1) is 6.92 Å². The van der Waals surface area contributed by atoms with E-state index in [1.54, 1.807) is 17.6 Å². The maximum Gasteiger partial charge on any atom is 0.191 e. The molecule has 22 heavy (non-hydrogen) atoms. The summed E-state index contributed by atoms with van der Waals surface area (Å²) in [6, 6.07) is 3.89. The molecule has 120 valence electrons. The lowest BCUT2D eigenvalue weighted by Gasteiger charge is -2.12. The first-order chi connectivity index (χ1) is 10.7. The predicted octanol–water partition coefficient (Wildman–Crippen LogP) is 2.95. The molecule has 0 aliphatic rings. The Bertz CT molecular complexity index is 577. The molecule has 0 saturated heterocycles. The van der Waals surface area contributed by atoms with Crippen LogP contribution in [0.3, 0.4) is 0 Å². The van der Waals surface area contributed by atoms with Gasteiger partial charge in [-0.3, -0.25) is 4.99 Å². The molecule has 2 rings (SSSR count). The molecule has 6 heteroatoms. The van der Waals surface area contributed by atoms with Crippen LogP contribution in [0.2, 0.25) is 0 Å². The molecule has 0 radical (unpaired) electrons. The van der Waals surface area contributed by atoms with Gasteiger partial charge in [0.05, 0.1) is 17.8 Å². The lowest BCUT2D eigenvalue weighted by molar-refractivity contribution is 0.506. The summed E-state index contributed by atoms with van der Waals surface area (Å²) >= 11 is 1.74. The minimum absolute atomic E-state index is 0.333. The Balaban J connectivity index is 1.83. The van der Waals surface area contributed by atoms with Crippen molar-refractivity contribution >= 4 is 17.3 Å². The Morgan fingerprint density at radius 3 is 2.95 bits per heavy atom. The lowest BCUT2D eigenvalue weighted by atomic mass is 10.2. The third-order valence-electron chi connectivity index (χ3n) is 3.17. The van der Waals surface area contributed by atoms with Crippen LogP contribution in [-0.2, 0) is 6.42 Å². The van der Waals surface area contributed by atoms with Crippen molar-refractivity contribution in [2.24, 2.45) is 4.99 Å². The number of guanidine groups is 1. The Morgan fingerprint density at radius 1 is 1.45 bits per heavy atom. The summed E-state index contributed by atoms with van der Waals surface area (Å²) < 4.78 is 5.33. The van der Waals surface area contributed by atoms with Gasteiger partial charge in [0.25, 0.3) is 0 Å². The van der Waals surface area contributed by atoms with Crippen molar-refractivity contribution in [2.45, 2.75) is 33.1 Å². The minimum atomic E-state index is 0.333. The van der Waals surface area contributed by atoms with E-state index in [0.717, 1.165) is 42.8 Å². The number of aromatic nitrogens is 1.